The lowest BCUT2D eigenvalue weighted by molar-refractivity contribution is 0.0480. The maximum absolute atomic E-state index is 12.4. The lowest BCUT2D eigenvalue weighted by atomic mass is 9.77. The van der Waals surface area contributed by atoms with Gasteiger partial charge in [-0.3, -0.25) is 4.79 Å². The van der Waals surface area contributed by atoms with Crippen LogP contribution in [0.4, 0.5) is 10.6 Å². The number of hydrogen-bond donors (Lipinski definition) is 1. The van der Waals surface area contributed by atoms with Gasteiger partial charge in [-0.25, -0.2) is 4.79 Å². The van der Waals surface area contributed by atoms with Gasteiger partial charge in [0.05, 0.1) is 12.1 Å². The zero-order chi connectivity index (χ0) is 21.0. The average molecular weight is 403 g/mol. The molecule has 7 nitrogen and oxygen atoms in total. The number of carbonyl (C=O) groups is 2. The number of ketones is 1. The zero-order valence-corrected chi connectivity index (χ0v) is 18.1. The second-order valence-electron chi connectivity index (χ2n) is 9.24. The van der Waals surface area contributed by atoms with E-state index in [1.54, 1.807) is 6.07 Å². The van der Waals surface area contributed by atoms with Gasteiger partial charge < -0.3 is 15.0 Å². The van der Waals surface area contributed by atoms with Gasteiger partial charge in [0, 0.05) is 13.0 Å². The van der Waals surface area contributed by atoms with E-state index in [4.69, 9.17) is 4.74 Å². The molecule has 1 aromatic heterocycles. The van der Waals surface area contributed by atoms with Gasteiger partial charge in [0.15, 0.2) is 11.6 Å². The molecule has 3 rings (SSSR count). The first kappa shape index (κ1) is 21.5. The van der Waals surface area contributed by atoms with Crippen molar-refractivity contribution in [2.45, 2.75) is 90.3 Å². The highest BCUT2D eigenvalue weighted by Gasteiger charge is 2.37. The van der Waals surface area contributed by atoms with Crippen LogP contribution in [0.2, 0.25) is 0 Å². The van der Waals surface area contributed by atoms with Crippen LogP contribution in [0, 0.1) is 5.92 Å². The second-order valence-corrected chi connectivity index (χ2v) is 9.24. The van der Waals surface area contributed by atoms with Crippen LogP contribution in [-0.2, 0) is 4.74 Å². The van der Waals surface area contributed by atoms with E-state index in [1.807, 2.05) is 33.8 Å². The number of Topliss-reactive ketones (excluding diaryl/α,β-unsaturated/α-hetero) is 1. The summed E-state index contributed by atoms with van der Waals surface area (Å²) >= 11 is 0. The summed E-state index contributed by atoms with van der Waals surface area (Å²) in [6.07, 6.45) is 6.75. The third kappa shape index (κ3) is 5.67. The fraction of sp³-hybridized carbons (Fsp3) is 0.727. The molecule has 0 aromatic carbocycles. The number of carbonyl (C=O) groups excluding carboxylic acids is 2. The smallest absolute Gasteiger partial charge is 0.407 e. The van der Waals surface area contributed by atoms with Crippen LogP contribution in [0.1, 0.15) is 83.1 Å². The molecule has 1 aliphatic heterocycles. The van der Waals surface area contributed by atoms with Gasteiger partial charge in [-0.05, 0) is 58.1 Å². The van der Waals surface area contributed by atoms with Crippen molar-refractivity contribution in [2.75, 3.05) is 11.4 Å². The Bertz CT molecular complexity index is 710. The van der Waals surface area contributed by atoms with E-state index in [-0.39, 0.29) is 24.0 Å². The number of aromatic nitrogens is 2. The van der Waals surface area contributed by atoms with Crippen LogP contribution in [0.5, 0.6) is 0 Å². The van der Waals surface area contributed by atoms with Crippen LogP contribution in [-0.4, -0.2) is 46.3 Å². The Kier molecular flexibility index (Phi) is 6.75. The summed E-state index contributed by atoms with van der Waals surface area (Å²) in [4.78, 5) is 26.5. The van der Waals surface area contributed by atoms with Gasteiger partial charge in [0.2, 0.25) is 0 Å². The van der Waals surface area contributed by atoms with Gasteiger partial charge in [-0.1, -0.05) is 26.2 Å². The summed E-state index contributed by atoms with van der Waals surface area (Å²) in [6.45, 7) is 8.32. The standard InChI is InChI=1S/C22H34N4O3/c1-5-19(27)17-11-12-20(25-24-17)26-13-7-10-16(18(26)14-15-8-6-9-15)23-21(28)29-22(2,3)4/h11-12,15-16,18H,5-10,13-14H2,1-4H3,(H,23,28)/t16-,18?/m1/s1. The Hall–Kier alpha value is -2.18. The second kappa shape index (κ2) is 9.09. The first-order valence-electron chi connectivity index (χ1n) is 10.9. The molecular formula is C22H34N4O3. The van der Waals surface area contributed by atoms with Gasteiger partial charge in [0.1, 0.15) is 11.3 Å². The van der Waals surface area contributed by atoms with E-state index in [1.165, 1.54) is 19.3 Å². The summed E-state index contributed by atoms with van der Waals surface area (Å²) in [7, 11) is 0. The molecule has 2 heterocycles. The predicted octanol–water partition coefficient (Wildman–Crippen LogP) is 4.12. The zero-order valence-electron chi connectivity index (χ0n) is 18.1. The van der Waals surface area contributed by atoms with E-state index in [9.17, 15) is 9.59 Å². The number of ether oxygens (including phenoxy) is 1. The van der Waals surface area contributed by atoms with Crippen LogP contribution in [0.15, 0.2) is 12.1 Å². The van der Waals surface area contributed by atoms with Crippen molar-refractivity contribution < 1.29 is 14.3 Å². The van der Waals surface area contributed by atoms with Crippen molar-refractivity contribution in [3.63, 3.8) is 0 Å². The lowest BCUT2D eigenvalue weighted by Crippen LogP contribution is -2.57. The highest BCUT2D eigenvalue weighted by molar-refractivity contribution is 5.93. The molecule has 29 heavy (non-hydrogen) atoms. The molecule has 0 bridgehead atoms. The number of nitrogens with one attached hydrogen (secondary N) is 1. The average Bonchev–Trinajstić information content (AvgIpc) is 2.63. The molecule has 1 aromatic rings. The fourth-order valence-electron chi connectivity index (χ4n) is 4.14. The molecule has 160 valence electrons. The highest BCUT2D eigenvalue weighted by atomic mass is 16.6. The predicted molar refractivity (Wildman–Crippen MR) is 112 cm³/mol. The normalized spacial score (nSPS) is 22.7. The Morgan fingerprint density at radius 2 is 1.93 bits per heavy atom. The quantitative estimate of drug-likeness (QED) is 0.721. The van der Waals surface area contributed by atoms with Gasteiger partial charge in [-0.15, -0.1) is 10.2 Å². The van der Waals surface area contributed by atoms with Gasteiger partial charge in [-0.2, -0.15) is 0 Å². The molecule has 1 N–H and O–H groups in total. The lowest BCUT2D eigenvalue weighted by Gasteiger charge is -2.44. The SMILES string of the molecule is CCC(=O)c1ccc(N2CCC[C@@H](NC(=O)OC(C)(C)C)C2CC2CCC2)nn1. The first-order chi connectivity index (χ1) is 13.8. The van der Waals surface area contributed by atoms with Crippen molar-refractivity contribution in [3.05, 3.63) is 17.8 Å². The van der Waals surface area contributed by atoms with Gasteiger partial charge in [0.25, 0.3) is 0 Å². The van der Waals surface area contributed by atoms with Crippen molar-refractivity contribution in [2.24, 2.45) is 5.92 Å². The molecule has 2 atom stereocenters. The molecule has 1 unspecified atom stereocenters. The first-order valence-corrected chi connectivity index (χ1v) is 10.9. The Morgan fingerprint density at radius 3 is 2.48 bits per heavy atom. The summed E-state index contributed by atoms with van der Waals surface area (Å²) in [5.74, 6) is 1.47. The van der Waals surface area contributed by atoms with E-state index < -0.39 is 5.60 Å². The minimum atomic E-state index is -0.519. The van der Waals surface area contributed by atoms with E-state index in [0.717, 1.165) is 31.6 Å². The third-order valence-corrected chi connectivity index (χ3v) is 5.83. The fourth-order valence-corrected chi connectivity index (χ4v) is 4.14. The molecule has 1 aliphatic carbocycles. The number of nitrogens with zero attached hydrogens (tertiary/aromatic N) is 3. The van der Waals surface area contributed by atoms with Crippen LogP contribution in [0.3, 0.4) is 0 Å². The van der Waals surface area contributed by atoms with Crippen LogP contribution in [0.25, 0.3) is 0 Å². The third-order valence-electron chi connectivity index (χ3n) is 5.83. The molecule has 1 amide bonds. The Labute approximate surface area is 173 Å². The number of piperidine rings is 1. The summed E-state index contributed by atoms with van der Waals surface area (Å²) in [5.41, 5.74) is -0.109. The number of anilines is 1. The largest absolute Gasteiger partial charge is 0.444 e. The van der Waals surface area contributed by atoms with E-state index in [0.29, 0.717) is 18.0 Å². The minimum Gasteiger partial charge on any atom is -0.444 e. The topological polar surface area (TPSA) is 84.4 Å². The molecule has 2 fully saturated rings. The van der Waals surface area contributed by atoms with Gasteiger partial charge >= 0.3 is 6.09 Å². The summed E-state index contributed by atoms with van der Waals surface area (Å²) in [5, 5.41) is 11.6. The molecule has 0 spiro atoms. The Morgan fingerprint density at radius 1 is 1.17 bits per heavy atom. The van der Waals surface area contributed by atoms with Crippen LogP contribution < -0.4 is 10.2 Å². The molecule has 7 heteroatoms. The molecule has 1 saturated heterocycles. The highest BCUT2D eigenvalue weighted by Crippen LogP contribution is 2.35. The van der Waals surface area contributed by atoms with Crippen LogP contribution >= 0.6 is 0 Å². The molecule has 1 saturated carbocycles. The number of alkyl carbamates (subject to hydrolysis) is 1. The minimum absolute atomic E-state index is 0.00168. The number of hydrogen-bond acceptors (Lipinski definition) is 6. The van der Waals surface area contributed by atoms with Crippen molar-refractivity contribution >= 4 is 17.7 Å². The van der Waals surface area contributed by atoms with Crippen molar-refractivity contribution in [1.29, 1.82) is 0 Å². The maximum atomic E-state index is 12.4. The summed E-state index contributed by atoms with van der Waals surface area (Å²) < 4.78 is 5.50. The summed E-state index contributed by atoms with van der Waals surface area (Å²) in [6, 6.07) is 3.82. The number of rotatable bonds is 6. The van der Waals surface area contributed by atoms with Crippen molar-refractivity contribution in [3.8, 4) is 0 Å². The maximum Gasteiger partial charge on any atom is 0.407 e. The molecule has 2 aliphatic rings. The molecule has 0 radical (unpaired) electrons. The Balaban J connectivity index is 1.77. The number of amides is 1. The monoisotopic (exact) mass is 402 g/mol. The van der Waals surface area contributed by atoms with E-state index >= 15 is 0 Å². The van der Waals surface area contributed by atoms with Crippen molar-refractivity contribution in [1.82, 2.24) is 15.5 Å². The van der Waals surface area contributed by atoms with E-state index in [2.05, 4.69) is 20.4 Å². The molecular weight excluding hydrogens is 368 g/mol.